The van der Waals surface area contributed by atoms with E-state index in [4.69, 9.17) is 0 Å². The van der Waals surface area contributed by atoms with E-state index in [1.807, 2.05) is 12.1 Å². The summed E-state index contributed by atoms with van der Waals surface area (Å²) >= 11 is -1.12. The number of anilines is 2. The molecule has 8 heteroatoms. The van der Waals surface area contributed by atoms with Gasteiger partial charge in [0.05, 0.1) is 0 Å². The zero-order chi connectivity index (χ0) is 18.3. The number of alkyl halides is 5. The Hall–Kier alpha value is -2.23. The average Bonchev–Trinajstić information content (AvgIpc) is 3.46. The van der Waals surface area contributed by atoms with Crippen LogP contribution in [0.5, 0.6) is 0 Å². The summed E-state index contributed by atoms with van der Waals surface area (Å²) in [6.07, 6.45) is -2.40. The van der Waals surface area contributed by atoms with E-state index in [1.54, 1.807) is 0 Å². The molecule has 0 bridgehead atoms. The number of carbonyl (C=O) groups is 1. The Kier molecular flexibility index (Phi) is 4.29. The normalized spacial score (nSPS) is 15.1. The van der Waals surface area contributed by atoms with Crippen LogP contribution in [0.25, 0.3) is 11.0 Å². The second-order valence-electron chi connectivity index (χ2n) is 5.75. The van der Waals surface area contributed by atoms with E-state index in [2.05, 4.69) is 15.3 Å². The molecule has 2 aromatic heterocycles. The first-order valence-electron chi connectivity index (χ1n) is 7.76. The molecule has 4 rings (SSSR count). The summed E-state index contributed by atoms with van der Waals surface area (Å²) in [4.78, 5) is 20.4. The van der Waals surface area contributed by atoms with Gasteiger partial charge in [0.1, 0.15) is 0 Å². The Labute approximate surface area is 154 Å². The summed E-state index contributed by atoms with van der Waals surface area (Å²) in [5.74, 6) is 0. The van der Waals surface area contributed by atoms with Crippen LogP contribution in [0.15, 0.2) is 42.6 Å². The fraction of sp³-hybridized carbons (Fsp3) is 0.167. The molecule has 1 saturated heterocycles. The number of carbonyl (C=O) groups excluding carboxylic acids is 1. The van der Waals surface area contributed by atoms with E-state index in [0.29, 0.717) is 23.0 Å². The first kappa shape index (κ1) is 17.2. The number of hydrogen-bond donors (Lipinski definition) is 1. The summed E-state index contributed by atoms with van der Waals surface area (Å²) in [5, 5.41) is 2.95. The predicted molar refractivity (Wildman–Crippen MR) is 102 cm³/mol. The molecule has 0 spiro atoms. The fourth-order valence-corrected chi connectivity index (χ4v) is 6.52. The maximum absolute atomic E-state index is 13.0. The molecule has 0 aliphatic carbocycles. The van der Waals surface area contributed by atoms with Gasteiger partial charge >= 0.3 is 154 Å². The van der Waals surface area contributed by atoms with Gasteiger partial charge in [-0.2, -0.15) is 0 Å². The van der Waals surface area contributed by atoms with Crippen LogP contribution in [0.3, 0.4) is 0 Å². The molecule has 3 heterocycles. The number of aldehydes is 1. The van der Waals surface area contributed by atoms with Crippen molar-refractivity contribution in [2.75, 3.05) is 14.2 Å². The van der Waals surface area contributed by atoms with Crippen molar-refractivity contribution < 1.29 is 18.0 Å². The number of nitrogens with one attached hydrogen (secondary N) is 1. The summed E-state index contributed by atoms with van der Waals surface area (Å²) in [6, 6.07) is 8.71. The monoisotopic (exact) mass is 471 g/mol. The molecular formula is C18H13F3IN3O. The first-order valence-corrected chi connectivity index (χ1v) is 11.9. The zero-order valence-corrected chi connectivity index (χ0v) is 15.5. The standard InChI is InChI=1S/C18H13F3IN3O/c19-18(20,21)12-2-1-3-13(8-12)24-16-11(10-26)9-23-14-4-5-15(22-6-7-22)25-17(14)16/h1-5,8-10H,6-7H2,(H,23,24). The quantitative estimate of drug-likeness (QED) is 0.255. The van der Waals surface area contributed by atoms with Gasteiger partial charge in [0.25, 0.3) is 0 Å². The van der Waals surface area contributed by atoms with Crippen LogP contribution in [0.2, 0.25) is 0 Å². The number of benzene rings is 1. The van der Waals surface area contributed by atoms with Crippen molar-refractivity contribution in [2.24, 2.45) is 0 Å². The van der Waals surface area contributed by atoms with E-state index in [9.17, 15) is 18.0 Å². The van der Waals surface area contributed by atoms with Gasteiger partial charge in [-0.05, 0) is 0 Å². The van der Waals surface area contributed by atoms with E-state index >= 15 is 0 Å². The number of nitrogens with zero attached hydrogens (tertiary/aromatic N) is 2. The summed E-state index contributed by atoms with van der Waals surface area (Å²) in [7, 11) is 0. The number of hydrogen-bond acceptors (Lipinski definition) is 4. The third-order valence-corrected chi connectivity index (χ3v) is 8.27. The summed E-state index contributed by atoms with van der Waals surface area (Å²) < 4.78 is 42.4. The van der Waals surface area contributed by atoms with Crippen molar-refractivity contribution in [3.05, 3.63) is 57.4 Å². The predicted octanol–water partition coefficient (Wildman–Crippen LogP) is 4.89. The van der Waals surface area contributed by atoms with Gasteiger partial charge in [0.2, 0.25) is 0 Å². The Morgan fingerprint density at radius 3 is 2.65 bits per heavy atom. The molecule has 0 amide bonds. The second-order valence-corrected chi connectivity index (χ2v) is 11.6. The van der Waals surface area contributed by atoms with Gasteiger partial charge in [-0.1, -0.05) is 0 Å². The van der Waals surface area contributed by atoms with E-state index in [0.717, 1.165) is 15.8 Å². The Bertz CT molecular complexity index is 1000. The van der Waals surface area contributed by atoms with Crippen molar-refractivity contribution in [2.45, 2.75) is 6.18 Å². The minimum absolute atomic E-state index is 0.243. The molecular weight excluding hydrogens is 458 g/mol. The van der Waals surface area contributed by atoms with Crippen molar-refractivity contribution in [3.63, 3.8) is 0 Å². The van der Waals surface area contributed by atoms with Crippen LogP contribution in [-0.4, -0.2) is 25.1 Å². The number of aromatic nitrogens is 2. The van der Waals surface area contributed by atoms with E-state index in [1.165, 1.54) is 27.2 Å². The molecule has 134 valence electrons. The molecule has 1 N–H and O–H groups in total. The number of halogens is 4. The summed E-state index contributed by atoms with van der Waals surface area (Å²) in [6.45, 7) is 0. The van der Waals surface area contributed by atoms with Gasteiger partial charge in [-0.25, -0.2) is 0 Å². The molecule has 0 saturated carbocycles. The second kappa shape index (κ2) is 6.49. The molecule has 26 heavy (non-hydrogen) atoms. The molecule has 0 unspecified atom stereocenters. The first-order chi connectivity index (χ1) is 12.5. The number of rotatable bonds is 4. The molecule has 1 aliphatic rings. The van der Waals surface area contributed by atoms with Crippen molar-refractivity contribution in [3.8, 4) is 0 Å². The van der Waals surface area contributed by atoms with Gasteiger partial charge in [0, 0.05) is 0 Å². The molecule has 1 aromatic carbocycles. The third-order valence-electron chi connectivity index (χ3n) is 3.95. The zero-order valence-electron chi connectivity index (χ0n) is 13.3. The van der Waals surface area contributed by atoms with Gasteiger partial charge in [-0.3, -0.25) is 0 Å². The molecule has 0 atom stereocenters. The van der Waals surface area contributed by atoms with Crippen LogP contribution in [0.1, 0.15) is 15.9 Å². The maximum atomic E-state index is 13.0. The minimum atomic E-state index is -4.44. The van der Waals surface area contributed by atoms with Crippen LogP contribution in [0.4, 0.5) is 24.5 Å². The number of pyridine rings is 2. The molecule has 0 radical (unpaired) electrons. The van der Waals surface area contributed by atoms with Crippen molar-refractivity contribution in [1.82, 2.24) is 9.97 Å². The van der Waals surface area contributed by atoms with Crippen LogP contribution in [-0.2, 0) is 6.18 Å². The van der Waals surface area contributed by atoms with E-state index in [-0.39, 0.29) is 11.3 Å². The molecule has 4 nitrogen and oxygen atoms in total. The van der Waals surface area contributed by atoms with Crippen LogP contribution in [0, 0.1) is 3.70 Å². The van der Waals surface area contributed by atoms with Crippen LogP contribution >= 0.6 is 19.8 Å². The van der Waals surface area contributed by atoms with Gasteiger partial charge < -0.3 is 0 Å². The summed E-state index contributed by atoms with van der Waals surface area (Å²) in [5.41, 5.74) is 1.27. The Morgan fingerprint density at radius 1 is 1.15 bits per heavy atom. The molecule has 1 fully saturated rings. The Balaban J connectivity index is 1.82. The number of fused-ring (bicyclic) bond motifs is 1. The average molecular weight is 471 g/mol. The van der Waals surface area contributed by atoms with Crippen molar-refractivity contribution >= 4 is 48.5 Å². The molecule has 3 aromatic rings. The molecule has 1 aliphatic heterocycles. The SMILES string of the molecule is O=Cc1cnc2ccc(I3CC3)nc2c1Nc1cccc(C(F)(F)F)c1. The fourth-order valence-electron chi connectivity index (χ4n) is 2.57. The van der Waals surface area contributed by atoms with Crippen molar-refractivity contribution in [1.29, 1.82) is 0 Å². The van der Waals surface area contributed by atoms with Gasteiger partial charge in [0.15, 0.2) is 0 Å². The van der Waals surface area contributed by atoms with Gasteiger partial charge in [-0.15, -0.1) is 0 Å². The van der Waals surface area contributed by atoms with Crippen LogP contribution < -0.4 is 5.32 Å². The third kappa shape index (κ3) is 3.37. The van der Waals surface area contributed by atoms with E-state index < -0.39 is 31.6 Å². The topological polar surface area (TPSA) is 54.9 Å². The Morgan fingerprint density at radius 2 is 1.96 bits per heavy atom.